The van der Waals surface area contributed by atoms with Crippen LogP contribution in [0.15, 0.2) is 18.2 Å². The van der Waals surface area contributed by atoms with Crippen molar-refractivity contribution >= 4 is 0 Å². The average molecular weight is 264 g/mol. The van der Waals surface area contributed by atoms with Crippen LogP contribution in [0.5, 0.6) is 0 Å². The highest BCUT2D eigenvalue weighted by Crippen LogP contribution is 2.22. The van der Waals surface area contributed by atoms with E-state index in [-0.39, 0.29) is 6.04 Å². The summed E-state index contributed by atoms with van der Waals surface area (Å²) in [5.74, 6) is 0. The predicted octanol–water partition coefficient (Wildman–Crippen LogP) is 2.66. The second-order valence-corrected chi connectivity index (χ2v) is 5.00. The first-order chi connectivity index (χ1) is 9.12. The quantitative estimate of drug-likeness (QED) is 0.734. The fraction of sp³-hybridized carbons (Fsp3) is 0.625. The normalized spacial score (nSPS) is 12.9. The minimum absolute atomic E-state index is 0.282. The molecule has 1 rings (SSSR count). The van der Waals surface area contributed by atoms with Crippen molar-refractivity contribution in [3.05, 3.63) is 34.9 Å². The number of ether oxygens (including phenoxy) is 1. The molecule has 2 N–H and O–H groups in total. The molecule has 3 nitrogen and oxygen atoms in total. The number of hydrogen-bond acceptors (Lipinski definition) is 3. The monoisotopic (exact) mass is 264 g/mol. The van der Waals surface area contributed by atoms with Crippen molar-refractivity contribution in [1.82, 2.24) is 4.90 Å². The van der Waals surface area contributed by atoms with Gasteiger partial charge in [-0.15, -0.1) is 0 Å². The molecular weight excluding hydrogens is 236 g/mol. The Balaban J connectivity index is 2.83. The van der Waals surface area contributed by atoms with Crippen LogP contribution in [-0.2, 0) is 4.74 Å². The van der Waals surface area contributed by atoms with E-state index in [1.54, 1.807) is 0 Å². The zero-order valence-electron chi connectivity index (χ0n) is 12.8. The number of rotatable bonds is 8. The highest BCUT2D eigenvalue weighted by Gasteiger charge is 2.17. The van der Waals surface area contributed by atoms with E-state index in [0.717, 1.165) is 26.3 Å². The highest BCUT2D eigenvalue weighted by molar-refractivity contribution is 5.31. The van der Waals surface area contributed by atoms with Crippen molar-refractivity contribution in [3.8, 4) is 0 Å². The Labute approximate surface area is 117 Å². The van der Waals surface area contributed by atoms with E-state index < -0.39 is 0 Å². The number of likely N-dealkylation sites (N-methyl/N-ethyl adjacent to an activating group) is 1. The van der Waals surface area contributed by atoms with Crippen molar-refractivity contribution in [1.29, 1.82) is 0 Å². The van der Waals surface area contributed by atoms with Crippen molar-refractivity contribution in [2.75, 3.05) is 32.8 Å². The lowest BCUT2D eigenvalue weighted by Gasteiger charge is -2.30. The number of nitrogens with two attached hydrogens (primary N) is 1. The number of nitrogens with zero attached hydrogens (tertiary/aromatic N) is 1. The van der Waals surface area contributed by atoms with Gasteiger partial charge in [-0.1, -0.05) is 36.2 Å². The summed E-state index contributed by atoms with van der Waals surface area (Å²) in [6.45, 7) is 12.6. The summed E-state index contributed by atoms with van der Waals surface area (Å²) in [7, 11) is 0. The van der Waals surface area contributed by atoms with Gasteiger partial charge in [0.1, 0.15) is 0 Å². The third-order valence-corrected chi connectivity index (χ3v) is 3.43. The predicted molar refractivity (Wildman–Crippen MR) is 81.5 cm³/mol. The van der Waals surface area contributed by atoms with Crippen molar-refractivity contribution in [3.63, 3.8) is 0 Å². The average Bonchev–Trinajstić information content (AvgIpc) is 2.36. The molecule has 0 heterocycles. The smallest absolute Gasteiger partial charge is 0.0593 e. The molecule has 0 aliphatic heterocycles. The van der Waals surface area contributed by atoms with Crippen LogP contribution in [0.1, 0.15) is 36.6 Å². The van der Waals surface area contributed by atoms with Crippen molar-refractivity contribution in [2.45, 2.75) is 33.7 Å². The van der Waals surface area contributed by atoms with Crippen LogP contribution < -0.4 is 5.73 Å². The van der Waals surface area contributed by atoms with Crippen LogP contribution in [-0.4, -0.2) is 37.7 Å². The van der Waals surface area contributed by atoms with E-state index in [1.807, 2.05) is 6.92 Å². The van der Waals surface area contributed by atoms with Gasteiger partial charge in [0.25, 0.3) is 0 Å². The van der Waals surface area contributed by atoms with E-state index in [1.165, 1.54) is 16.7 Å². The summed E-state index contributed by atoms with van der Waals surface area (Å²) < 4.78 is 5.46. The van der Waals surface area contributed by atoms with Crippen LogP contribution in [0.4, 0.5) is 0 Å². The van der Waals surface area contributed by atoms with Gasteiger partial charge in [-0.25, -0.2) is 0 Å². The minimum atomic E-state index is 0.282. The van der Waals surface area contributed by atoms with Crippen LogP contribution in [0.25, 0.3) is 0 Å². The molecule has 1 aromatic carbocycles. The van der Waals surface area contributed by atoms with Gasteiger partial charge in [-0.2, -0.15) is 0 Å². The molecule has 1 aromatic rings. The summed E-state index contributed by atoms with van der Waals surface area (Å²) in [5.41, 5.74) is 9.92. The Kier molecular flexibility index (Phi) is 7.06. The summed E-state index contributed by atoms with van der Waals surface area (Å²) >= 11 is 0. The lowest BCUT2D eigenvalue weighted by molar-refractivity contribution is 0.0980. The standard InChI is InChI=1S/C16H28N2O/c1-5-18(7-8-19-6-2)16(12-17)15-10-13(3)9-14(4)11-15/h9-11,16H,5-8,12,17H2,1-4H3. The Hall–Kier alpha value is -0.900. The molecule has 0 spiro atoms. The van der Waals surface area contributed by atoms with Crippen molar-refractivity contribution in [2.24, 2.45) is 5.73 Å². The molecule has 0 aliphatic carbocycles. The maximum atomic E-state index is 6.00. The third-order valence-electron chi connectivity index (χ3n) is 3.43. The van der Waals surface area contributed by atoms with Gasteiger partial charge in [-0.05, 0) is 32.9 Å². The molecule has 0 amide bonds. The second-order valence-electron chi connectivity index (χ2n) is 5.00. The first-order valence-electron chi connectivity index (χ1n) is 7.22. The Morgan fingerprint density at radius 2 is 1.79 bits per heavy atom. The first-order valence-corrected chi connectivity index (χ1v) is 7.22. The topological polar surface area (TPSA) is 38.5 Å². The second kappa shape index (κ2) is 8.31. The Morgan fingerprint density at radius 1 is 1.16 bits per heavy atom. The van der Waals surface area contributed by atoms with E-state index in [4.69, 9.17) is 10.5 Å². The third kappa shape index (κ3) is 4.94. The van der Waals surface area contributed by atoms with E-state index in [0.29, 0.717) is 6.54 Å². The number of hydrogen-bond donors (Lipinski definition) is 1. The molecule has 0 bridgehead atoms. The van der Waals surface area contributed by atoms with Crippen LogP contribution >= 0.6 is 0 Å². The summed E-state index contributed by atoms with van der Waals surface area (Å²) in [4.78, 5) is 2.39. The fourth-order valence-corrected chi connectivity index (χ4v) is 2.56. The lowest BCUT2D eigenvalue weighted by Crippen LogP contribution is -2.36. The van der Waals surface area contributed by atoms with E-state index >= 15 is 0 Å². The molecule has 3 heteroatoms. The molecule has 19 heavy (non-hydrogen) atoms. The molecular formula is C16H28N2O. The molecule has 0 radical (unpaired) electrons. The summed E-state index contributed by atoms with van der Waals surface area (Å²) in [6.07, 6.45) is 0. The van der Waals surface area contributed by atoms with Crippen LogP contribution in [0, 0.1) is 13.8 Å². The molecule has 0 fully saturated rings. The van der Waals surface area contributed by atoms with Gasteiger partial charge < -0.3 is 10.5 Å². The zero-order chi connectivity index (χ0) is 14.3. The summed E-state index contributed by atoms with van der Waals surface area (Å²) in [6, 6.07) is 6.97. The van der Waals surface area contributed by atoms with Gasteiger partial charge in [0.05, 0.1) is 6.61 Å². The van der Waals surface area contributed by atoms with E-state index in [9.17, 15) is 0 Å². The SMILES string of the molecule is CCOCCN(CC)C(CN)c1cc(C)cc(C)c1. The molecule has 1 atom stereocenters. The number of aryl methyl sites for hydroxylation is 2. The Bertz CT molecular complexity index is 359. The van der Waals surface area contributed by atoms with Gasteiger partial charge in [0, 0.05) is 25.7 Å². The lowest BCUT2D eigenvalue weighted by atomic mass is 10.00. The van der Waals surface area contributed by atoms with Gasteiger partial charge in [0.2, 0.25) is 0 Å². The number of benzene rings is 1. The molecule has 0 saturated carbocycles. The van der Waals surface area contributed by atoms with Gasteiger partial charge >= 0.3 is 0 Å². The van der Waals surface area contributed by atoms with E-state index in [2.05, 4.69) is 43.9 Å². The molecule has 0 aliphatic rings. The van der Waals surface area contributed by atoms with Gasteiger partial charge in [0.15, 0.2) is 0 Å². The first kappa shape index (κ1) is 16.2. The molecule has 108 valence electrons. The maximum Gasteiger partial charge on any atom is 0.0593 e. The highest BCUT2D eigenvalue weighted by atomic mass is 16.5. The largest absolute Gasteiger partial charge is 0.380 e. The Morgan fingerprint density at radius 3 is 2.26 bits per heavy atom. The van der Waals surface area contributed by atoms with Gasteiger partial charge in [-0.3, -0.25) is 4.90 Å². The fourth-order valence-electron chi connectivity index (χ4n) is 2.56. The molecule has 0 saturated heterocycles. The van der Waals surface area contributed by atoms with Crippen molar-refractivity contribution < 1.29 is 4.74 Å². The maximum absolute atomic E-state index is 6.00. The van der Waals surface area contributed by atoms with Crippen LogP contribution in [0.2, 0.25) is 0 Å². The molecule has 1 unspecified atom stereocenters. The minimum Gasteiger partial charge on any atom is -0.380 e. The zero-order valence-corrected chi connectivity index (χ0v) is 12.8. The van der Waals surface area contributed by atoms with Crippen LogP contribution in [0.3, 0.4) is 0 Å². The molecule has 0 aromatic heterocycles. The summed E-state index contributed by atoms with van der Waals surface area (Å²) in [5, 5.41) is 0.